The summed E-state index contributed by atoms with van der Waals surface area (Å²) in [5.74, 6) is 1.46. The average Bonchev–Trinajstić information content (AvgIpc) is 2.21. The maximum absolute atomic E-state index is 9.14. The first-order valence-electron chi connectivity index (χ1n) is 3.88. The second kappa shape index (κ2) is 2.19. The topological polar surface area (TPSA) is 26.7 Å². The molecule has 0 aliphatic carbocycles. The Labute approximate surface area is 61.2 Å². The van der Waals surface area contributed by atoms with Gasteiger partial charge in [-0.05, 0) is 18.9 Å². The molecule has 2 aliphatic heterocycles. The summed E-state index contributed by atoms with van der Waals surface area (Å²) in [6, 6.07) is 0. The van der Waals surface area contributed by atoms with E-state index in [0.717, 1.165) is 24.9 Å². The van der Waals surface area contributed by atoms with Crippen molar-refractivity contribution in [2.45, 2.75) is 0 Å². The molecule has 1 N–H and O–H groups in total. The van der Waals surface area contributed by atoms with Crippen molar-refractivity contribution in [3.63, 3.8) is 0 Å². The molecule has 0 bridgehead atoms. The van der Waals surface area contributed by atoms with Gasteiger partial charge in [-0.3, -0.25) is 0 Å². The number of fused-ring (bicyclic) bond motifs is 1. The minimum Gasteiger partial charge on any atom is -0.314 e. The zero-order valence-electron chi connectivity index (χ0n) is 6.32. The van der Waals surface area contributed by atoms with Gasteiger partial charge in [-0.2, -0.15) is 5.06 Å². The molecule has 0 saturated carbocycles. The molecule has 2 saturated heterocycles. The van der Waals surface area contributed by atoms with Gasteiger partial charge in [0, 0.05) is 26.2 Å². The van der Waals surface area contributed by atoms with E-state index in [1.807, 2.05) is 0 Å². The zero-order valence-corrected chi connectivity index (χ0v) is 6.32. The number of likely N-dealkylation sites (tertiary alicyclic amines) is 1. The summed E-state index contributed by atoms with van der Waals surface area (Å²) in [4.78, 5) is 2.35. The summed E-state index contributed by atoms with van der Waals surface area (Å²) < 4.78 is 0. The van der Waals surface area contributed by atoms with Gasteiger partial charge in [0.05, 0.1) is 0 Å². The SMILES string of the molecule is CN1CC2CN(O)CC2C1. The van der Waals surface area contributed by atoms with Crippen LogP contribution in [-0.2, 0) is 0 Å². The standard InChI is InChI=1S/C7H14N2O/c1-8-2-6-4-9(10)5-7(6)3-8/h6-7,10H,2-5H2,1H3. The molecule has 2 atom stereocenters. The molecule has 3 heteroatoms. The van der Waals surface area contributed by atoms with Crippen molar-refractivity contribution in [3.05, 3.63) is 0 Å². The van der Waals surface area contributed by atoms with Gasteiger partial charge in [-0.25, -0.2) is 0 Å². The van der Waals surface area contributed by atoms with Crippen LogP contribution in [-0.4, -0.2) is 48.4 Å². The summed E-state index contributed by atoms with van der Waals surface area (Å²) in [5, 5.41) is 10.6. The van der Waals surface area contributed by atoms with Crippen LogP contribution in [0.15, 0.2) is 0 Å². The molecular weight excluding hydrogens is 128 g/mol. The largest absolute Gasteiger partial charge is 0.314 e. The highest BCUT2D eigenvalue weighted by atomic mass is 16.5. The van der Waals surface area contributed by atoms with Crippen molar-refractivity contribution in [1.82, 2.24) is 9.96 Å². The molecule has 0 amide bonds. The van der Waals surface area contributed by atoms with Gasteiger partial charge in [0.2, 0.25) is 0 Å². The Kier molecular flexibility index (Phi) is 1.44. The summed E-state index contributed by atoms with van der Waals surface area (Å²) in [7, 11) is 2.15. The highest BCUT2D eigenvalue weighted by molar-refractivity contribution is 4.89. The number of hydroxylamine groups is 2. The fourth-order valence-electron chi connectivity index (χ4n) is 2.20. The predicted molar refractivity (Wildman–Crippen MR) is 37.8 cm³/mol. The summed E-state index contributed by atoms with van der Waals surface area (Å²) in [5.41, 5.74) is 0. The third-order valence-electron chi connectivity index (χ3n) is 2.65. The van der Waals surface area contributed by atoms with Crippen molar-refractivity contribution in [3.8, 4) is 0 Å². The van der Waals surface area contributed by atoms with E-state index >= 15 is 0 Å². The lowest BCUT2D eigenvalue weighted by Crippen LogP contribution is -2.23. The van der Waals surface area contributed by atoms with E-state index in [2.05, 4.69) is 11.9 Å². The Morgan fingerprint density at radius 3 is 2.10 bits per heavy atom. The van der Waals surface area contributed by atoms with Gasteiger partial charge >= 0.3 is 0 Å². The molecule has 3 nitrogen and oxygen atoms in total. The minimum absolute atomic E-state index is 0.731. The van der Waals surface area contributed by atoms with Crippen LogP contribution in [0.4, 0.5) is 0 Å². The van der Waals surface area contributed by atoms with E-state index in [0.29, 0.717) is 0 Å². The van der Waals surface area contributed by atoms with Crippen LogP contribution in [0.5, 0.6) is 0 Å². The van der Waals surface area contributed by atoms with Crippen LogP contribution < -0.4 is 0 Å². The highest BCUT2D eigenvalue weighted by Crippen LogP contribution is 2.28. The molecule has 2 aliphatic rings. The van der Waals surface area contributed by atoms with Crippen LogP contribution in [0.3, 0.4) is 0 Å². The Hall–Kier alpha value is -0.120. The molecule has 10 heavy (non-hydrogen) atoms. The van der Waals surface area contributed by atoms with Crippen LogP contribution in [0, 0.1) is 11.8 Å². The van der Waals surface area contributed by atoms with Crippen LogP contribution in [0.1, 0.15) is 0 Å². The van der Waals surface area contributed by atoms with E-state index < -0.39 is 0 Å². The normalized spacial score (nSPS) is 42.6. The van der Waals surface area contributed by atoms with E-state index in [-0.39, 0.29) is 0 Å². The van der Waals surface area contributed by atoms with Gasteiger partial charge in [0.15, 0.2) is 0 Å². The lowest BCUT2D eigenvalue weighted by Gasteiger charge is -2.11. The van der Waals surface area contributed by atoms with Gasteiger partial charge in [-0.1, -0.05) is 0 Å². The summed E-state index contributed by atoms with van der Waals surface area (Å²) >= 11 is 0. The molecule has 2 fully saturated rings. The van der Waals surface area contributed by atoms with Gasteiger partial charge in [-0.15, -0.1) is 0 Å². The van der Waals surface area contributed by atoms with Gasteiger partial charge in [0.25, 0.3) is 0 Å². The second-order valence-electron chi connectivity index (χ2n) is 3.61. The molecule has 0 aromatic carbocycles. The molecule has 0 aromatic heterocycles. The second-order valence-corrected chi connectivity index (χ2v) is 3.61. The van der Waals surface area contributed by atoms with Crippen molar-refractivity contribution in [2.75, 3.05) is 33.2 Å². The lowest BCUT2D eigenvalue weighted by atomic mass is 10.0. The first kappa shape index (κ1) is 6.58. The fraction of sp³-hybridized carbons (Fsp3) is 1.00. The third-order valence-corrected chi connectivity index (χ3v) is 2.65. The van der Waals surface area contributed by atoms with Crippen molar-refractivity contribution in [1.29, 1.82) is 0 Å². The van der Waals surface area contributed by atoms with Gasteiger partial charge < -0.3 is 10.1 Å². The Balaban J connectivity index is 2.00. The Morgan fingerprint density at radius 1 is 1.10 bits per heavy atom. The zero-order chi connectivity index (χ0) is 7.14. The molecule has 2 heterocycles. The van der Waals surface area contributed by atoms with E-state index in [9.17, 15) is 0 Å². The molecule has 2 unspecified atom stereocenters. The first-order chi connectivity index (χ1) is 4.75. The fourth-order valence-corrected chi connectivity index (χ4v) is 2.20. The van der Waals surface area contributed by atoms with Crippen molar-refractivity contribution < 1.29 is 5.21 Å². The minimum atomic E-state index is 0.731. The summed E-state index contributed by atoms with van der Waals surface area (Å²) in [6.07, 6.45) is 0. The predicted octanol–water partition coefficient (Wildman–Crippen LogP) is -0.131. The monoisotopic (exact) mass is 142 g/mol. The van der Waals surface area contributed by atoms with Crippen LogP contribution in [0.2, 0.25) is 0 Å². The van der Waals surface area contributed by atoms with E-state index in [1.165, 1.54) is 18.2 Å². The maximum atomic E-state index is 9.14. The molecule has 58 valence electrons. The first-order valence-corrected chi connectivity index (χ1v) is 3.88. The van der Waals surface area contributed by atoms with Crippen LogP contribution in [0.25, 0.3) is 0 Å². The smallest absolute Gasteiger partial charge is 0.0282 e. The van der Waals surface area contributed by atoms with E-state index in [4.69, 9.17) is 5.21 Å². The molecule has 2 rings (SSSR count). The molecule has 0 spiro atoms. The van der Waals surface area contributed by atoms with E-state index in [1.54, 1.807) is 0 Å². The van der Waals surface area contributed by atoms with Crippen LogP contribution >= 0.6 is 0 Å². The maximum Gasteiger partial charge on any atom is 0.0282 e. The number of hydrogen-bond donors (Lipinski definition) is 1. The van der Waals surface area contributed by atoms with Gasteiger partial charge in [0.1, 0.15) is 0 Å². The number of rotatable bonds is 0. The lowest BCUT2D eigenvalue weighted by molar-refractivity contribution is -0.0763. The average molecular weight is 142 g/mol. The molecule has 0 aromatic rings. The number of nitrogens with zero attached hydrogens (tertiary/aromatic N) is 2. The molecular formula is C7H14N2O. The Bertz CT molecular complexity index is 112. The summed E-state index contributed by atoms with van der Waals surface area (Å²) in [6.45, 7) is 4.10. The van der Waals surface area contributed by atoms with Crippen molar-refractivity contribution in [2.24, 2.45) is 11.8 Å². The van der Waals surface area contributed by atoms with Crippen molar-refractivity contribution >= 4 is 0 Å². The highest BCUT2D eigenvalue weighted by Gasteiger charge is 2.37. The Morgan fingerprint density at radius 2 is 1.60 bits per heavy atom. The number of hydrogen-bond acceptors (Lipinski definition) is 3. The third kappa shape index (κ3) is 0.944. The quantitative estimate of drug-likeness (QED) is 0.510. The molecule has 0 radical (unpaired) electrons.